The first kappa shape index (κ1) is 23.5. The molecule has 0 fully saturated rings. The average Bonchev–Trinajstić information content (AvgIpc) is 3.43. The third-order valence-electron chi connectivity index (χ3n) is 4.58. The highest BCUT2D eigenvalue weighted by Gasteiger charge is 2.26. The third-order valence-corrected chi connectivity index (χ3v) is 6.81. The number of anilines is 1. The van der Waals surface area contributed by atoms with E-state index in [0.717, 1.165) is 22.7 Å². The second kappa shape index (κ2) is 10.0. The lowest BCUT2D eigenvalue weighted by atomic mass is 10.1. The molecule has 0 aliphatic carbocycles. The van der Waals surface area contributed by atoms with Crippen LogP contribution in [0.25, 0.3) is 11.4 Å². The van der Waals surface area contributed by atoms with E-state index in [1.807, 2.05) is 6.92 Å². The maximum absolute atomic E-state index is 12.6. The number of amides is 2. The molecule has 170 valence electrons. The molecule has 0 unspecified atom stereocenters. The Kier molecular flexibility index (Phi) is 7.36. The molecule has 0 atom stereocenters. The number of aryl methyl sites for hydroxylation is 1. The van der Waals surface area contributed by atoms with Crippen molar-refractivity contribution in [2.45, 2.75) is 25.9 Å². The van der Waals surface area contributed by atoms with Crippen molar-refractivity contribution in [3.8, 4) is 11.4 Å². The first-order chi connectivity index (χ1) is 15.3. The van der Waals surface area contributed by atoms with Gasteiger partial charge in [-0.25, -0.2) is 4.79 Å². The maximum atomic E-state index is 12.6. The zero-order valence-corrected chi connectivity index (χ0v) is 19.9. The van der Waals surface area contributed by atoms with E-state index in [9.17, 15) is 14.4 Å². The maximum Gasteiger partial charge on any atom is 0.341 e. The van der Waals surface area contributed by atoms with Gasteiger partial charge in [0.25, 0.3) is 5.91 Å². The Hall–Kier alpha value is -3.12. The predicted molar refractivity (Wildman–Crippen MR) is 121 cm³/mol. The molecule has 0 aliphatic rings. The summed E-state index contributed by atoms with van der Waals surface area (Å²) >= 11 is 2.23. The molecular formula is C20H23N5O5S2. The van der Waals surface area contributed by atoms with Crippen molar-refractivity contribution in [1.29, 1.82) is 0 Å². The number of rotatable bonds is 8. The summed E-state index contributed by atoms with van der Waals surface area (Å²) in [7, 11) is 3.31. The summed E-state index contributed by atoms with van der Waals surface area (Å²) in [5.74, 6) is 0.107. The van der Waals surface area contributed by atoms with Gasteiger partial charge in [-0.15, -0.1) is 21.5 Å². The third kappa shape index (κ3) is 4.70. The molecule has 0 radical (unpaired) electrons. The van der Waals surface area contributed by atoms with Gasteiger partial charge >= 0.3 is 5.97 Å². The van der Waals surface area contributed by atoms with Crippen molar-refractivity contribution in [2.24, 2.45) is 7.05 Å². The fourth-order valence-corrected chi connectivity index (χ4v) is 4.83. The molecule has 0 spiro atoms. The molecule has 32 heavy (non-hydrogen) atoms. The van der Waals surface area contributed by atoms with E-state index in [1.165, 1.54) is 18.8 Å². The number of carbonyl (C=O) groups excluding carboxylic acids is 3. The fourth-order valence-electron chi connectivity index (χ4n) is 2.97. The largest absolute Gasteiger partial charge is 0.469 e. The standard InChI is InChI=1S/C20H23N5O5S2/c1-6-29-19(28)14-10(2)15(17(27)21-4)32-18(14)22-13(26)9-31-20-24-23-16(25(20)5)12-7-8-30-11(12)3/h7-8H,6,9H2,1-5H3,(H,21,27)(H,22,26). The molecule has 3 rings (SSSR count). The number of nitrogens with zero attached hydrogens (tertiary/aromatic N) is 3. The molecule has 2 amide bonds. The van der Waals surface area contributed by atoms with Crippen LogP contribution in [-0.2, 0) is 16.6 Å². The second-order valence-corrected chi connectivity index (χ2v) is 8.62. The van der Waals surface area contributed by atoms with Gasteiger partial charge in [0.2, 0.25) is 5.91 Å². The predicted octanol–water partition coefficient (Wildman–Crippen LogP) is 3.02. The van der Waals surface area contributed by atoms with E-state index in [1.54, 1.807) is 37.8 Å². The number of nitrogens with one attached hydrogen (secondary N) is 2. The van der Waals surface area contributed by atoms with Gasteiger partial charge in [0.05, 0.1) is 34.6 Å². The quantitative estimate of drug-likeness (QED) is 0.374. The Labute approximate surface area is 192 Å². The number of aromatic nitrogens is 3. The normalized spacial score (nSPS) is 10.8. The molecule has 3 aromatic rings. The first-order valence-corrected chi connectivity index (χ1v) is 11.5. The van der Waals surface area contributed by atoms with Gasteiger partial charge in [0.15, 0.2) is 11.0 Å². The van der Waals surface area contributed by atoms with E-state index in [-0.39, 0.29) is 34.7 Å². The van der Waals surface area contributed by atoms with Crippen LogP contribution in [0, 0.1) is 13.8 Å². The Balaban J connectivity index is 1.75. The van der Waals surface area contributed by atoms with Crippen molar-refractivity contribution >= 4 is 45.9 Å². The molecule has 0 saturated heterocycles. The summed E-state index contributed by atoms with van der Waals surface area (Å²) in [5, 5.41) is 14.4. The van der Waals surface area contributed by atoms with E-state index in [4.69, 9.17) is 9.15 Å². The van der Waals surface area contributed by atoms with E-state index >= 15 is 0 Å². The van der Waals surface area contributed by atoms with Crippen LogP contribution in [-0.4, -0.2) is 52.0 Å². The van der Waals surface area contributed by atoms with Gasteiger partial charge in [-0.05, 0) is 32.4 Å². The highest BCUT2D eigenvalue weighted by atomic mass is 32.2. The van der Waals surface area contributed by atoms with Crippen molar-refractivity contribution in [1.82, 2.24) is 20.1 Å². The molecule has 10 nitrogen and oxygen atoms in total. The lowest BCUT2D eigenvalue weighted by Gasteiger charge is -2.07. The Morgan fingerprint density at radius 3 is 2.66 bits per heavy atom. The summed E-state index contributed by atoms with van der Waals surface area (Å²) < 4.78 is 12.2. The van der Waals surface area contributed by atoms with Gasteiger partial charge in [0.1, 0.15) is 10.8 Å². The summed E-state index contributed by atoms with van der Waals surface area (Å²) in [5.41, 5.74) is 1.47. The van der Waals surface area contributed by atoms with Gasteiger partial charge in [-0.3, -0.25) is 9.59 Å². The fraction of sp³-hybridized carbons (Fsp3) is 0.350. The lowest BCUT2D eigenvalue weighted by molar-refractivity contribution is -0.113. The minimum atomic E-state index is -0.590. The Bertz CT molecular complexity index is 1160. The van der Waals surface area contributed by atoms with Gasteiger partial charge in [-0.2, -0.15) is 0 Å². The molecule has 3 aromatic heterocycles. The van der Waals surface area contributed by atoms with E-state index < -0.39 is 5.97 Å². The summed E-state index contributed by atoms with van der Waals surface area (Å²) in [6.45, 7) is 5.35. The number of ether oxygens (including phenoxy) is 1. The smallest absolute Gasteiger partial charge is 0.341 e. The average molecular weight is 478 g/mol. The van der Waals surface area contributed by atoms with Gasteiger partial charge in [0, 0.05) is 14.1 Å². The van der Waals surface area contributed by atoms with Crippen LogP contribution in [0.4, 0.5) is 5.00 Å². The number of thioether (sulfide) groups is 1. The minimum Gasteiger partial charge on any atom is -0.469 e. The molecule has 0 aromatic carbocycles. The highest BCUT2D eigenvalue weighted by molar-refractivity contribution is 7.99. The summed E-state index contributed by atoms with van der Waals surface area (Å²) in [6.07, 6.45) is 1.58. The Morgan fingerprint density at radius 2 is 2.03 bits per heavy atom. The number of esters is 1. The zero-order valence-electron chi connectivity index (χ0n) is 18.3. The molecule has 2 N–H and O–H groups in total. The summed E-state index contributed by atoms with van der Waals surface area (Å²) in [4.78, 5) is 37.5. The number of hydrogen-bond donors (Lipinski definition) is 2. The Morgan fingerprint density at radius 1 is 1.28 bits per heavy atom. The van der Waals surface area contributed by atoms with Crippen LogP contribution >= 0.6 is 23.1 Å². The van der Waals surface area contributed by atoms with Crippen LogP contribution in [0.15, 0.2) is 21.9 Å². The van der Waals surface area contributed by atoms with Crippen LogP contribution in [0.1, 0.15) is 38.3 Å². The highest BCUT2D eigenvalue weighted by Crippen LogP contribution is 2.34. The lowest BCUT2D eigenvalue weighted by Crippen LogP contribution is -2.18. The minimum absolute atomic E-state index is 0.0326. The molecule has 12 heteroatoms. The number of furan rings is 1. The van der Waals surface area contributed by atoms with Crippen molar-refractivity contribution in [3.63, 3.8) is 0 Å². The molecule has 0 bridgehead atoms. The van der Waals surface area contributed by atoms with Gasteiger partial charge < -0.3 is 24.4 Å². The number of thiophene rings is 1. The van der Waals surface area contributed by atoms with E-state index in [2.05, 4.69) is 20.8 Å². The summed E-state index contributed by atoms with van der Waals surface area (Å²) in [6, 6.07) is 1.81. The topological polar surface area (TPSA) is 128 Å². The van der Waals surface area contributed by atoms with Crippen LogP contribution in [0.5, 0.6) is 0 Å². The number of hydrogen-bond acceptors (Lipinski definition) is 9. The van der Waals surface area contributed by atoms with Crippen molar-refractivity contribution in [3.05, 3.63) is 34.1 Å². The zero-order chi connectivity index (χ0) is 23.4. The van der Waals surface area contributed by atoms with Crippen molar-refractivity contribution < 1.29 is 23.5 Å². The van der Waals surface area contributed by atoms with E-state index in [0.29, 0.717) is 21.4 Å². The SMILES string of the molecule is CCOC(=O)c1c(NC(=O)CSc2nnc(-c3ccoc3C)n2C)sc(C(=O)NC)c1C. The first-order valence-electron chi connectivity index (χ1n) is 9.67. The van der Waals surface area contributed by atoms with Crippen LogP contribution in [0.3, 0.4) is 0 Å². The van der Waals surface area contributed by atoms with Crippen LogP contribution in [0.2, 0.25) is 0 Å². The molecular weight excluding hydrogens is 454 g/mol. The monoisotopic (exact) mass is 477 g/mol. The number of carbonyl (C=O) groups is 3. The molecule has 0 saturated carbocycles. The molecule has 3 heterocycles. The molecule has 0 aliphatic heterocycles. The van der Waals surface area contributed by atoms with Crippen molar-refractivity contribution in [2.75, 3.05) is 24.7 Å². The van der Waals surface area contributed by atoms with Crippen LogP contribution < -0.4 is 10.6 Å². The second-order valence-electron chi connectivity index (χ2n) is 6.65. The van der Waals surface area contributed by atoms with Gasteiger partial charge in [-0.1, -0.05) is 11.8 Å².